The summed E-state index contributed by atoms with van der Waals surface area (Å²) in [7, 11) is 0. The van der Waals surface area contributed by atoms with E-state index in [0.717, 1.165) is 36.0 Å². The molecule has 1 aliphatic heterocycles. The third kappa shape index (κ3) is 3.27. The third-order valence-electron chi connectivity index (χ3n) is 7.58. The molecule has 2 aliphatic carbocycles. The molecule has 1 saturated heterocycles. The van der Waals surface area contributed by atoms with E-state index in [1.165, 1.54) is 4.90 Å². The minimum Gasteiger partial charge on any atom is -0.425 e. The van der Waals surface area contributed by atoms with Crippen LogP contribution in [0.4, 0.5) is 0 Å². The smallest absolute Gasteiger partial charge is 0.335 e. The van der Waals surface area contributed by atoms with Gasteiger partial charge in [-0.1, -0.05) is 42.5 Å². The highest BCUT2D eigenvalue weighted by Gasteiger charge is 2.62. The number of rotatable bonds is 5. The molecule has 2 aromatic carbocycles. The molecule has 160 valence electrons. The first-order chi connectivity index (χ1) is 15.0. The Morgan fingerprint density at radius 1 is 0.968 bits per heavy atom. The second-order valence-electron chi connectivity index (χ2n) is 9.26. The van der Waals surface area contributed by atoms with Gasteiger partial charge in [-0.05, 0) is 67.7 Å². The van der Waals surface area contributed by atoms with E-state index in [1.54, 1.807) is 6.07 Å². The van der Waals surface area contributed by atoms with E-state index in [-0.39, 0.29) is 41.9 Å². The number of carbonyl (C=O) groups excluding carboxylic acids is 3. The van der Waals surface area contributed by atoms with Crippen LogP contribution in [0.2, 0.25) is 0 Å². The minimum absolute atomic E-state index is 0.180. The van der Waals surface area contributed by atoms with Crippen LogP contribution in [-0.2, 0) is 20.8 Å². The predicted molar refractivity (Wildman–Crippen MR) is 115 cm³/mol. The van der Waals surface area contributed by atoms with E-state index in [4.69, 9.17) is 4.74 Å². The quantitative estimate of drug-likeness (QED) is 0.421. The molecule has 3 fully saturated rings. The van der Waals surface area contributed by atoms with Crippen LogP contribution in [0.3, 0.4) is 0 Å². The number of nitrogens with zero attached hydrogens (tertiary/aromatic N) is 1. The molecular formula is C26H27NO4. The summed E-state index contributed by atoms with van der Waals surface area (Å²) in [5.41, 5.74) is 2.79. The summed E-state index contributed by atoms with van der Waals surface area (Å²) in [4.78, 5) is 41.4. The van der Waals surface area contributed by atoms with Gasteiger partial charge in [-0.25, -0.2) is 4.79 Å². The molecule has 0 radical (unpaired) electrons. The van der Waals surface area contributed by atoms with Gasteiger partial charge in [0.25, 0.3) is 0 Å². The minimum atomic E-state index is -0.952. The topological polar surface area (TPSA) is 63.7 Å². The van der Waals surface area contributed by atoms with Gasteiger partial charge in [0.05, 0.1) is 11.8 Å². The maximum absolute atomic E-state index is 13.4. The van der Waals surface area contributed by atoms with Crippen LogP contribution >= 0.6 is 0 Å². The van der Waals surface area contributed by atoms with Gasteiger partial charge in [0.15, 0.2) is 0 Å². The van der Waals surface area contributed by atoms with Crippen LogP contribution in [0.5, 0.6) is 5.75 Å². The summed E-state index contributed by atoms with van der Waals surface area (Å²) in [6.07, 6.45) is 3.25. The molecule has 5 atom stereocenters. The van der Waals surface area contributed by atoms with Crippen LogP contribution in [-0.4, -0.2) is 28.7 Å². The van der Waals surface area contributed by atoms with E-state index >= 15 is 0 Å². The Bertz CT molecular complexity index is 1020. The molecule has 5 heteroatoms. The summed E-state index contributed by atoms with van der Waals surface area (Å²) in [5.74, 6) is -0.375. The molecular weight excluding hydrogens is 390 g/mol. The van der Waals surface area contributed by atoms with Gasteiger partial charge in [0, 0.05) is 6.42 Å². The fourth-order valence-corrected chi connectivity index (χ4v) is 5.87. The van der Waals surface area contributed by atoms with Gasteiger partial charge >= 0.3 is 5.97 Å². The van der Waals surface area contributed by atoms with E-state index in [1.807, 2.05) is 56.3 Å². The van der Waals surface area contributed by atoms with Crippen molar-refractivity contribution in [2.45, 2.75) is 45.6 Å². The molecule has 2 bridgehead atoms. The summed E-state index contributed by atoms with van der Waals surface area (Å²) in [6.45, 7) is 3.86. The second kappa shape index (κ2) is 7.63. The van der Waals surface area contributed by atoms with Crippen molar-refractivity contribution in [1.82, 2.24) is 4.90 Å². The molecule has 1 heterocycles. The molecule has 5 rings (SSSR count). The Labute approximate surface area is 182 Å². The summed E-state index contributed by atoms with van der Waals surface area (Å²) >= 11 is 0. The molecule has 5 nitrogen and oxygen atoms in total. The van der Waals surface area contributed by atoms with Crippen molar-refractivity contribution in [1.29, 1.82) is 0 Å². The van der Waals surface area contributed by atoms with Gasteiger partial charge in [-0.3, -0.25) is 14.5 Å². The lowest BCUT2D eigenvalue weighted by molar-refractivity contribution is -0.154. The highest BCUT2D eigenvalue weighted by Crippen LogP contribution is 2.56. The van der Waals surface area contributed by atoms with Gasteiger partial charge < -0.3 is 4.74 Å². The standard InChI is InChI=1S/C26H27NO4/c1-15-7-6-10-21(16(15)2)31-26(30)20(13-17-8-4-3-5-9-17)27-24(28)22-18-11-12-19(14-18)23(22)25(27)29/h3-10,18-20,22-23H,11-14H2,1-2H3/t18-,19-,20-,22+,23+/m1/s1. The number of ether oxygens (including phenoxy) is 1. The molecule has 2 aromatic rings. The number of benzene rings is 2. The van der Waals surface area contributed by atoms with E-state index in [2.05, 4.69) is 0 Å². The number of carbonyl (C=O) groups is 3. The molecule has 0 aromatic heterocycles. The zero-order valence-corrected chi connectivity index (χ0v) is 17.9. The lowest BCUT2D eigenvalue weighted by atomic mass is 9.81. The number of likely N-dealkylation sites (tertiary alicyclic amines) is 1. The Kier molecular flexibility index (Phi) is 4.92. The average molecular weight is 418 g/mol. The van der Waals surface area contributed by atoms with Gasteiger partial charge in [0.2, 0.25) is 11.8 Å². The van der Waals surface area contributed by atoms with Crippen LogP contribution in [0.15, 0.2) is 48.5 Å². The monoisotopic (exact) mass is 417 g/mol. The number of hydrogen-bond acceptors (Lipinski definition) is 4. The van der Waals surface area contributed by atoms with Crippen LogP contribution in [0, 0.1) is 37.5 Å². The maximum Gasteiger partial charge on any atom is 0.335 e. The van der Waals surface area contributed by atoms with E-state index < -0.39 is 12.0 Å². The summed E-state index contributed by atoms with van der Waals surface area (Å²) < 4.78 is 5.78. The van der Waals surface area contributed by atoms with Crippen LogP contribution in [0.25, 0.3) is 0 Å². The van der Waals surface area contributed by atoms with Crippen molar-refractivity contribution in [2.75, 3.05) is 0 Å². The van der Waals surface area contributed by atoms with Crippen molar-refractivity contribution in [3.05, 3.63) is 65.2 Å². The van der Waals surface area contributed by atoms with Crippen molar-refractivity contribution < 1.29 is 19.1 Å². The first-order valence-corrected chi connectivity index (χ1v) is 11.1. The zero-order valence-electron chi connectivity index (χ0n) is 17.9. The highest BCUT2D eigenvalue weighted by molar-refractivity contribution is 6.08. The number of fused-ring (bicyclic) bond motifs is 5. The largest absolute Gasteiger partial charge is 0.425 e. The molecule has 3 aliphatic rings. The molecule has 0 spiro atoms. The summed E-state index contributed by atoms with van der Waals surface area (Å²) in [5, 5.41) is 0. The number of imide groups is 1. The van der Waals surface area contributed by atoms with Gasteiger partial charge in [0.1, 0.15) is 11.8 Å². The number of hydrogen-bond donors (Lipinski definition) is 0. The van der Waals surface area contributed by atoms with Crippen molar-refractivity contribution in [3.8, 4) is 5.75 Å². The lowest BCUT2D eigenvalue weighted by Crippen LogP contribution is -2.49. The lowest BCUT2D eigenvalue weighted by Gasteiger charge is -2.26. The number of aryl methyl sites for hydroxylation is 1. The fraction of sp³-hybridized carbons (Fsp3) is 0.423. The first-order valence-electron chi connectivity index (χ1n) is 11.1. The normalized spacial score (nSPS) is 27.5. The molecule has 0 unspecified atom stereocenters. The SMILES string of the molecule is Cc1cccc(OC(=O)[C@@H](Cc2ccccc2)N2C(=O)[C@H]3[C@@H]4CC[C@H](C4)[C@@H]3C2=O)c1C. The Morgan fingerprint density at radius 3 is 2.26 bits per heavy atom. The van der Waals surface area contributed by atoms with Gasteiger partial charge in [-0.15, -0.1) is 0 Å². The Morgan fingerprint density at radius 2 is 1.61 bits per heavy atom. The van der Waals surface area contributed by atoms with Crippen LogP contribution < -0.4 is 4.74 Å². The van der Waals surface area contributed by atoms with Crippen molar-refractivity contribution >= 4 is 17.8 Å². The van der Waals surface area contributed by atoms with Crippen molar-refractivity contribution in [2.24, 2.45) is 23.7 Å². The van der Waals surface area contributed by atoms with E-state index in [0.29, 0.717) is 5.75 Å². The first kappa shape index (κ1) is 20.0. The van der Waals surface area contributed by atoms with Crippen LogP contribution in [0.1, 0.15) is 36.0 Å². The van der Waals surface area contributed by atoms with Gasteiger partial charge in [-0.2, -0.15) is 0 Å². The number of esters is 1. The predicted octanol–water partition coefficient (Wildman–Crippen LogP) is 3.85. The maximum atomic E-state index is 13.4. The number of amides is 2. The van der Waals surface area contributed by atoms with Crippen molar-refractivity contribution in [3.63, 3.8) is 0 Å². The Balaban J connectivity index is 1.47. The Hall–Kier alpha value is -2.95. The highest BCUT2D eigenvalue weighted by atomic mass is 16.5. The molecule has 2 amide bonds. The third-order valence-corrected chi connectivity index (χ3v) is 7.58. The summed E-state index contributed by atoms with van der Waals surface area (Å²) in [6, 6.07) is 14.1. The molecule has 31 heavy (non-hydrogen) atoms. The second-order valence-corrected chi connectivity index (χ2v) is 9.26. The molecule has 2 saturated carbocycles. The fourth-order valence-electron chi connectivity index (χ4n) is 5.87. The average Bonchev–Trinajstić information content (AvgIpc) is 3.45. The molecule has 0 N–H and O–H groups in total. The zero-order chi connectivity index (χ0) is 21.7. The van der Waals surface area contributed by atoms with E-state index in [9.17, 15) is 14.4 Å².